The molecule has 0 radical (unpaired) electrons. The third kappa shape index (κ3) is 3.75. The van der Waals surface area contributed by atoms with Crippen LogP contribution in [0.3, 0.4) is 0 Å². The largest absolute Gasteiger partial charge is 0.352 e. The molecule has 6 nitrogen and oxygen atoms in total. The summed E-state index contributed by atoms with van der Waals surface area (Å²) in [5.41, 5.74) is 1.58. The highest BCUT2D eigenvalue weighted by Gasteiger charge is 2.39. The van der Waals surface area contributed by atoms with Crippen LogP contribution in [0.2, 0.25) is 0 Å². The Morgan fingerprint density at radius 3 is 2.96 bits per heavy atom. The van der Waals surface area contributed by atoms with Crippen molar-refractivity contribution in [3.05, 3.63) is 30.0 Å². The van der Waals surface area contributed by atoms with Crippen molar-refractivity contribution < 1.29 is 4.79 Å². The van der Waals surface area contributed by atoms with Crippen LogP contribution in [0.1, 0.15) is 31.2 Å². The van der Waals surface area contributed by atoms with E-state index in [-0.39, 0.29) is 5.91 Å². The molecule has 0 saturated heterocycles. The first-order valence-corrected chi connectivity index (χ1v) is 7.67. The number of carbonyl (C=O) groups excluding carboxylic acids is 1. The van der Waals surface area contributed by atoms with Crippen molar-refractivity contribution in [2.75, 3.05) is 0 Å². The van der Waals surface area contributed by atoms with Crippen molar-refractivity contribution >= 4 is 16.8 Å². The Labute approximate surface area is 135 Å². The fourth-order valence-electron chi connectivity index (χ4n) is 2.57. The van der Waals surface area contributed by atoms with Gasteiger partial charge in [0.25, 0.3) is 0 Å². The highest BCUT2D eigenvalue weighted by Crippen LogP contribution is 2.37. The van der Waals surface area contributed by atoms with Gasteiger partial charge in [-0.2, -0.15) is 15.3 Å². The summed E-state index contributed by atoms with van der Waals surface area (Å²) < 4.78 is 1.78. The Hall–Kier alpha value is -2.68. The van der Waals surface area contributed by atoms with E-state index < -0.39 is 5.66 Å². The van der Waals surface area contributed by atoms with E-state index in [1.807, 2.05) is 31.4 Å². The average molecular weight is 309 g/mol. The van der Waals surface area contributed by atoms with Crippen LogP contribution in [-0.4, -0.2) is 21.4 Å². The van der Waals surface area contributed by atoms with Crippen LogP contribution in [0.5, 0.6) is 0 Å². The average Bonchev–Trinajstić information content (AvgIpc) is 3.22. The molecule has 0 fully saturated rings. The lowest BCUT2D eigenvalue weighted by molar-refractivity contribution is -0.121. The number of aryl methyl sites for hydroxylation is 1. The number of nitrogens with zero attached hydrogens (tertiary/aromatic N) is 4. The van der Waals surface area contributed by atoms with Crippen molar-refractivity contribution in [3.63, 3.8) is 0 Å². The maximum Gasteiger partial charge on any atom is 0.220 e. The van der Waals surface area contributed by atoms with E-state index in [0.29, 0.717) is 25.8 Å². The maximum absolute atomic E-state index is 12.0. The Morgan fingerprint density at radius 1 is 1.39 bits per heavy atom. The highest BCUT2D eigenvalue weighted by atomic mass is 16.1. The first kappa shape index (κ1) is 15.2. The molecule has 118 valence electrons. The first-order valence-electron chi connectivity index (χ1n) is 7.67. The first-order chi connectivity index (χ1) is 11.1. The van der Waals surface area contributed by atoms with Crippen LogP contribution in [-0.2, 0) is 18.4 Å². The zero-order chi connectivity index (χ0) is 16.3. The van der Waals surface area contributed by atoms with Gasteiger partial charge < -0.3 is 5.32 Å². The molecule has 1 aromatic heterocycles. The number of benzene rings is 1. The van der Waals surface area contributed by atoms with E-state index in [0.717, 1.165) is 22.9 Å². The van der Waals surface area contributed by atoms with E-state index in [2.05, 4.69) is 26.6 Å². The number of nitrogens with one attached hydrogen (secondary N) is 1. The monoisotopic (exact) mass is 309 g/mol. The van der Waals surface area contributed by atoms with Crippen LogP contribution < -0.4 is 5.32 Å². The van der Waals surface area contributed by atoms with Crippen LogP contribution >= 0.6 is 0 Å². The molecule has 0 bridgehead atoms. The number of aromatic nitrogens is 2. The zero-order valence-electron chi connectivity index (χ0n) is 13.1. The number of hydrogen-bond acceptors (Lipinski definition) is 4. The van der Waals surface area contributed by atoms with Crippen molar-refractivity contribution in [3.8, 4) is 12.3 Å². The quantitative estimate of drug-likeness (QED) is 0.798. The third-order valence-corrected chi connectivity index (χ3v) is 3.98. The van der Waals surface area contributed by atoms with Crippen LogP contribution in [0, 0.1) is 12.3 Å². The number of amides is 1. The number of carbonyl (C=O) groups is 1. The van der Waals surface area contributed by atoms with Gasteiger partial charge in [0.1, 0.15) is 0 Å². The number of fused-ring (bicyclic) bond motifs is 1. The van der Waals surface area contributed by atoms with Crippen molar-refractivity contribution in [1.82, 2.24) is 15.1 Å². The van der Waals surface area contributed by atoms with Gasteiger partial charge in [0.05, 0.1) is 5.52 Å². The fraction of sp³-hybridized carbons (Fsp3) is 0.412. The van der Waals surface area contributed by atoms with Gasteiger partial charge >= 0.3 is 0 Å². The van der Waals surface area contributed by atoms with Crippen LogP contribution in [0.4, 0.5) is 0 Å². The highest BCUT2D eigenvalue weighted by molar-refractivity contribution is 5.79. The van der Waals surface area contributed by atoms with Gasteiger partial charge in [0, 0.05) is 50.9 Å². The normalized spacial score (nSPS) is 14.6. The second-order valence-corrected chi connectivity index (χ2v) is 5.86. The van der Waals surface area contributed by atoms with E-state index in [4.69, 9.17) is 6.42 Å². The predicted molar refractivity (Wildman–Crippen MR) is 87.4 cm³/mol. The van der Waals surface area contributed by atoms with Crippen molar-refractivity contribution in [2.24, 2.45) is 17.3 Å². The second kappa shape index (κ2) is 6.21. The van der Waals surface area contributed by atoms with E-state index in [1.165, 1.54) is 0 Å². The lowest BCUT2D eigenvalue weighted by Gasteiger charge is -2.09. The summed E-state index contributed by atoms with van der Waals surface area (Å²) in [5, 5.41) is 16.5. The standard InChI is InChI=1S/C17H19N5O/c1-3-4-8-17(20-21-17)9-7-16(23)18-11-13-5-6-14-12-22(2)19-15(14)10-13/h1,5-6,10,12H,4,7-9,11H2,2H3,(H,18,23). The molecule has 2 aromatic rings. The molecule has 1 aliphatic rings. The van der Waals surface area contributed by atoms with Crippen LogP contribution in [0.25, 0.3) is 10.9 Å². The predicted octanol–water partition coefficient (Wildman–Crippen LogP) is 2.55. The molecule has 0 aliphatic carbocycles. The Kier molecular flexibility index (Phi) is 4.11. The fourth-order valence-corrected chi connectivity index (χ4v) is 2.57. The SMILES string of the molecule is C#CCCC1(CCC(=O)NCc2ccc3cn(C)nc3c2)N=N1. The van der Waals surface area contributed by atoms with E-state index in [9.17, 15) is 4.79 Å². The summed E-state index contributed by atoms with van der Waals surface area (Å²) in [6.45, 7) is 0.497. The minimum Gasteiger partial charge on any atom is -0.352 e. The Morgan fingerprint density at radius 2 is 2.22 bits per heavy atom. The third-order valence-electron chi connectivity index (χ3n) is 3.98. The summed E-state index contributed by atoms with van der Waals surface area (Å²) in [7, 11) is 1.89. The molecule has 6 heteroatoms. The topological polar surface area (TPSA) is 71.6 Å². The van der Waals surface area contributed by atoms with Crippen LogP contribution in [0.15, 0.2) is 34.6 Å². The molecule has 0 unspecified atom stereocenters. The molecule has 23 heavy (non-hydrogen) atoms. The molecule has 0 atom stereocenters. The summed E-state index contributed by atoms with van der Waals surface area (Å²) in [4.78, 5) is 12.0. The smallest absolute Gasteiger partial charge is 0.220 e. The van der Waals surface area contributed by atoms with Crippen molar-refractivity contribution in [1.29, 1.82) is 0 Å². The van der Waals surface area contributed by atoms with Gasteiger partial charge in [-0.25, -0.2) is 0 Å². The molecule has 1 amide bonds. The molecule has 1 aliphatic heterocycles. The summed E-state index contributed by atoms with van der Waals surface area (Å²) in [6.07, 6.45) is 9.62. The number of hydrogen-bond donors (Lipinski definition) is 1. The van der Waals surface area contributed by atoms with Gasteiger partial charge in [-0.1, -0.05) is 12.1 Å². The van der Waals surface area contributed by atoms with Gasteiger partial charge in [-0.05, 0) is 11.6 Å². The van der Waals surface area contributed by atoms with Gasteiger partial charge in [0.15, 0.2) is 5.66 Å². The molecule has 1 N–H and O–H groups in total. The maximum atomic E-state index is 12.0. The molecule has 1 aromatic carbocycles. The van der Waals surface area contributed by atoms with Crippen molar-refractivity contribution in [2.45, 2.75) is 37.9 Å². The van der Waals surface area contributed by atoms with Gasteiger partial charge in [-0.3, -0.25) is 9.48 Å². The summed E-state index contributed by atoms with van der Waals surface area (Å²) >= 11 is 0. The minimum absolute atomic E-state index is 0.00324. The molecular formula is C17H19N5O. The lowest BCUT2D eigenvalue weighted by atomic mass is 10.0. The lowest BCUT2D eigenvalue weighted by Crippen LogP contribution is -2.24. The molecule has 0 spiro atoms. The summed E-state index contributed by atoms with van der Waals surface area (Å²) in [5.74, 6) is 2.59. The Bertz CT molecular complexity index is 793. The Balaban J connectivity index is 1.47. The molecular weight excluding hydrogens is 290 g/mol. The van der Waals surface area contributed by atoms with E-state index in [1.54, 1.807) is 4.68 Å². The van der Waals surface area contributed by atoms with Gasteiger partial charge in [-0.15, -0.1) is 12.3 Å². The zero-order valence-corrected chi connectivity index (χ0v) is 13.1. The van der Waals surface area contributed by atoms with E-state index >= 15 is 0 Å². The summed E-state index contributed by atoms with van der Waals surface area (Å²) in [6, 6.07) is 6.01. The molecule has 2 heterocycles. The van der Waals surface area contributed by atoms with Gasteiger partial charge in [0.2, 0.25) is 5.91 Å². The molecule has 3 rings (SSSR count). The molecule has 0 saturated carbocycles. The number of terminal acetylenes is 1. The number of rotatable bonds is 7. The second-order valence-electron chi connectivity index (χ2n) is 5.86. The minimum atomic E-state index is -0.392.